The van der Waals surface area contributed by atoms with E-state index in [9.17, 15) is 4.39 Å². The summed E-state index contributed by atoms with van der Waals surface area (Å²) in [7, 11) is 0. The molecule has 3 rings (SSSR count). The molecule has 28 heavy (non-hydrogen) atoms. The molecule has 0 unspecified atom stereocenters. The van der Waals surface area contributed by atoms with Crippen LogP contribution in [0.2, 0.25) is 0 Å². The number of aliphatic imine (C=N–C) groups is 1. The predicted molar refractivity (Wildman–Crippen MR) is 117 cm³/mol. The lowest BCUT2D eigenvalue weighted by molar-refractivity contribution is 0.577. The van der Waals surface area contributed by atoms with Crippen LogP contribution in [0, 0.1) is 5.82 Å². The van der Waals surface area contributed by atoms with Crippen LogP contribution in [0.4, 0.5) is 4.39 Å². The molecular weight excluding hydrogens is 474 g/mol. The van der Waals surface area contributed by atoms with Crippen molar-refractivity contribution in [2.24, 2.45) is 4.99 Å². The highest BCUT2D eigenvalue weighted by Crippen LogP contribution is 2.14. The van der Waals surface area contributed by atoms with E-state index >= 15 is 0 Å². The lowest BCUT2D eigenvalue weighted by Crippen LogP contribution is -2.38. The Kier molecular flexibility index (Phi) is 8.92. The second-order valence-electron chi connectivity index (χ2n) is 5.90. The summed E-state index contributed by atoms with van der Waals surface area (Å²) in [6.45, 7) is 3.99. The second kappa shape index (κ2) is 11.4. The maximum Gasteiger partial charge on any atom is 0.216 e. The number of halogens is 2. The smallest absolute Gasteiger partial charge is 0.216 e. The van der Waals surface area contributed by atoms with Crippen molar-refractivity contribution in [1.29, 1.82) is 0 Å². The van der Waals surface area contributed by atoms with Gasteiger partial charge in [0.05, 0.1) is 6.26 Å². The highest BCUT2D eigenvalue weighted by Gasteiger charge is 2.08. The van der Waals surface area contributed by atoms with Crippen LogP contribution in [0.25, 0.3) is 11.6 Å². The molecule has 0 spiro atoms. The van der Waals surface area contributed by atoms with Crippen molar-refractivity contribution in [1.82, 2.24) is 25.8 Å². The number of nitrogens with zero attached hydrogens (tertiary/aromatic N) is 3. The second-order valence-corrected chi connectivity index (χ2v) is 5.90. The highest BCUT2D eigenvalue weighted by molar-refractivity contribution is 14.0. The molecule has 0 aliphatic heterocycles. The van der Waals surface area contributed by atoms with Gasteiger partial charge in [0.1, 0.15) is 11.6 Å². The molecule has 0 bridgehead atoms. The van der Waals surface area contributed by atoms with Crippen LogP contribution < -0.4 is 10.6 Å². The van der Waals surface area contributed by atoms with Gasteiger partial charge in [-0.05, 0) is 43.2 Å². The summed E-state index contributed by atoms with van der Waals surface area (Å²) in [5.74, 6) is 2.43. The normalized spacial score (nSPS) is 11.1. The summed E-state index contributed by atoms with van der Waals surface area (Å²) in [4.78, 5) is 8.94. The Morgan fingerprint density at radius 3 is 2.86 bits per heavy atom. The molecule has 0 fully saturated rings. The molecule has 2 heterocycles. The van der Waals surface area contributed by atoms with Crippen molar-refractivity contribution < 1.29 is 8.81 Å². The Balaban J connectivity index is 0.00000280. The predicted octanol–water partition coefficient (Wildman–Crippen LogP) is 3.16. The summed E-state index contributed by atoms with van der Waals surface area (Å²) in [6.07, 6.45) is 2.94. The number of benzene rings is 1. The Morgan fingerprint density at radius 2 is 2.11 bits per heavy atom. The van der Waals surface area contributed by atoms with Crippen molar-refractivity contribution in [3.63, 3.8) is 0 Å². The molecule has 1 aromatic carbocycles. The molecule has 3 aromatic rings. The van der Waals surface area contributed by atoms with E-state index in [1.165, 1.54) is 6.07 Å². The largest absolute Gasteiger partial charge is 0.461 e. The van der Waals surface area contributed by atoms with Crippen molar-refractivity contribution in [3.8, 4) is 11.6 Å². The lowest BCUT2D eigenvalue weighted by Gasteiger charge is -2.11. The molecule has 0 aliphatic carbocycles. The first-order chi connectivity index (χ1) is 13.2. The minimum absolute atomic E-state index is 0. The molecule has 0 aliphatic rings. The van der Waals surface area contributed by atoms with Crippen LogP contribution in [0.15, 0.2) is 52.1 Å². The monoisotopic (exact) mass is 498 g/mol. The van der Waals surface area contributed by atoms with Gasteiger partial charge in [-0.25, -0.2) is 9.37 Å². The van der Waals surface area contributed by atoms with Gasteiger partial charge >= 0.3 is 0 Å². The molecule has 3 N–H and O–H groups in total. The van der Waals surface area contributed by atoms with Crippen LogP contribution in [0.3, 0.4) is 0 Å². The van der Waals surface area contributed by atoms with Crippen LogP contribution in [0.1, 0.15) is 18.3 Å². The van der Waals surface area contributed by atoms with E-state index in [2.05, 4.69) is 30.8 Å². The summed E-state index contributed by atoms with van der Waals surface area (Å²) >= 11 is 0. The number of rotatable bonds is 8. The number of guanidine groups is 1. The number of aromatic nitrogens is 3. The van der Waals surface area contributed by atoms with Gasteiger partial charge in [-0.2, -0.15) is 5.10 Å². The SMILES string of the molecule is CCNC(=NCCc1nc(-c2ccco2)n[nH]1)NCCc1cccc(F)c1.I. The van der Waals surface area contributed by atoms with Gasteiger partial charge in [-0.15, -0.1) is 24.0 Å². The quantitative estimate of drug-likeness (QED) is 0.252. The number of nitrogens with one attached hydrogen (secondary N) is 3. The molecule has 0 radical (unpaired) electrons. The molecular formula is C19H24FIN6O. The highest BCUT2D eigenvalue weighted by atomic mass is 127. The van der Waals surface area contributed by atoms with Gasteiger partial charge in [0.2, 0.25) is 5.82 Å². The van der Waals surface area contributed by atoms with Gasteiger partial charge < -0.3 is 15.1 Å². The summed E-state index contributed by atoms with van der Waals surface area (Å²) in [5.41, 5.74) is 0.950. The van der Waals surface area contributed by atoms with Crippen molar-refractivity contribution in [2.75, 3.05) is 19.6 Å². The molecule has 0 amide bonds. The van der Waals surface area contributed by atoms with E-state index in [0.29, 0.717) is 31.1 Å². The van der Waals surface area contributed by atoms with Crippen LogP contribution in [-0.4, -0.2) is 40.8 Å². The zero-order chi connectivity index (χ0) is 18.9. The fraction of sp³-hybridized carbons (Fsp3) is 0.316. The molecule has 7 nitrogen and oxygen atoms in total. The van der Waals surface area contributed by atoms with Gasteiger partial charge in [0.15, 0.2) is 11.7 Å². The summed E-state index contributed by atoms with van der Waals surface area (Å²) < 4.78 is 18.5. The molecule has 150 valence electrons. The Hall–Kier alpha value is -2.43. The standard InChI is InChI=1S/C19H23FN6O.HI/c1-2-21-19(22-10-8-14-5-3-6-15(20)13-14)23-11-9-17-24-18(26-25-17)16-7-4-12-27-16;/h3-7,12-13H,2,8-11H2,1H3,(H2,21,22,23)(H,24,25,26);1H. The zero-order valence-electron chi connectivity index (χ0n) is 15.6. The Bertz CT molecular complexity index is 865. The third-order valence-electron chi connectivity index (χ3n) is 3.83. The van der Waals surface area contributed by atoms with Crippen LogP contribution >= 0.6 is 24.0 Å². The molecule has 2 aromatic heterocycles. The number of hydrogen-bond donors (Lipinski definition) is 3. The molecule has 9 heteroatoms. The average Bonchev–Trinajstić information content (AvgIpc) is 3.33. The number of H-pyrrole nitrogens is 1. The molecule has 0 saturated heterocycles. The minimum Gasteiger partial charge on any atom is -0.461 e. The van der Waals surface area contributed by atoms with Crippen LogP contribution in [0.5, 0.6) is 0 Å². The van der Waals surface area contributed by atoms with E-state index < -0.39 is 0 Å². The fourth-order valence-electron chi connectivity index (χ4n) is 2.56. The van der Waals surface area contributed by atoms with Crippen molar-refractivity contribution in [2.45, 2.75) is 19.8 Å². The number of furan rings is 1. The van der Waals surface area contributed by atoms with E-state index in [4.69, 9.17) is 4.42 Å². The molecule has 0 saturated carbocycles. The first kappa shape index (κ1) is 21.9. The van der Waals surface area contributed by atoms with E-state index in [1.807, 2.05) is 19.1 Å². The fourth-order valence-corrected chi connectivity index (χ4v) is 2.56. The lowest BCUT2D eigenvalue weighted by atomic mass is 10.1. The maximum atomic E-state index is 13.2. The summed E-state index contributed by atoms with van der Waals surface area (Å²) in [5, 5.41) is 13.5. The number of aromatic amines is 1. The van der Waals surface area contributed by atoms with Crippen molar-refractivity contribution >= 4 is 29.9 Å². The van der Waals surface area contributed by atoms with Gasteiger partial charge in [-0.3, -0.25) is 10.1 Å². The Morgan fingerprint density at radius 1 is 1.21 bits per heavy atom. The Labute approximate surface area is 180 Å². The maximum absolute atomic E-state index is 13.2. The van der Waals surface area contributed by atoms with E-state index in [1.54, 1.807) is 24.5 Å². The third kappa shape index (κ3) is 6.63. The van der Waals surface area contributed by atoms with Gasteiger partial charge in [-0.1, -0.05) is 12.1 Å². The first-order valence-electron chi connectivity index (χ1n) is 8.96. The van der Waals surface area contributed by atoms with E-state index in [0.717, 1.165) is 30.3 Å². The van der Waals surface area contributed by atoms with Gasteiger partial charge in [0, 0.05) is 26.1 Å². The van der Waals surface area contributed by atoms with Gasteiger partial charge in [0.25, 0.3) is 0 Å². The van der Waals surface area contributed by atoms with Crippen molar-refractivity contribution in [3.05, 3.63) is 59.9 Å². The zero-order valence-corrected chi connectivity index (χ0v) is 17.9. The molecule has 0 atom stereocenters. The third-order valence-corrected chi connectivity index (χ3v) is 3.83. The van der Waals surface area contributed by atoms with Crippen LogP contribution in [-0.2, 0) is 12.8 Å². The first-order valence-corrected chi connectivity index (χ1v) is 8.96. The van der Waals surface area contributed by atoms with E-state index in [-0.39, 0.29) is 29.8 Å². The topological polar surface area (TPSA) is 91.1 Å². The average molecular weight is 498 g/mol. The summed E-state index contributed by atoms with van der Waals surface area (Å²) in [6, 6.07) is 10.2. The number of hydrogen-bond acceptors (Lipinski definition) is 4. The minimum atomic E-state index is -0.214.